The molecule has 4 rings (SSSR count). The monoisotopic (exact) mass is 452 g/mol. The van der Waals surface area contributed by atoms with Crippen LogP contribution in [-0.2, 0) is 4.74 Å². The number of rotatable bonds is 4. The van der Waals surface area contributed by atoms with E-state index in [4.69, 9.17) is 4.74 Å². The summed E-state index contributed by atoms with van der Waals surface area (Å²) in [6.45, 7) is 10.0. The fraction of sp³-hybridized carbons (Fsp3) is 0.500. The lowest BCUT2D eigenvalue weighted by atomic mass is 10.2. The number of nitrogens with one attached hydrogen (secondary N) is 1. The molecule has 4 heterocycles. The quantitative estimate of drug-likeness (QED) is 0.760. The molecule has 2 aliphatic heterocycles. The summed E-state index contributed by atoms with van der Waals surface area (Å²) in [7, 11) is 0. The van der Waals surface area contributed by atoms with E-state index >= 15 is 0 Å². The van der Waals surface area contributed by atoms with Crippen molar-refractivity contribution >= 4 is 29.3 Å². The number of carbonyl (C=O) groups excluding carboxylic acids is 2. The van der Waals surface area contributed by atoms with Crippen LogP contribution >= 0.6 is 0 Å². The van der Waals surface area contributed by atoms with Crippen LogP contribution in [0.1, 0.15) is 44.0 Å². The standard InChI is InChI=1S/C24H32N6O3/c1-24(2,3)33-23(32)30-15-13-28(14-16-30)18-8-9-20(26-17-18)27-22(31)19-7-6-10-25-21(19)29-11-4-5-12-29/h6-10,17H,4-5,11-16H2,1-3H3,(H,26,27,31). The van der Waals surface area contributed by atoms with Gasteiger partial charge in [-0.2, -0.15) is 0 Å². The molecule has 2 fully saturated rings. The molecule has 2 amide bonds. The Labute approximate surface area is 194 Å². The lowest BCUT2D eigenvalue weighted by molar-refractivity contribution is 0.0240. The van der Waals surface area contributed by atoms with Gasteiger partial charge in [-0.25, -0.2) is 14.8 Å². The van der Waals surface area contributed by atoms with Gasteiger partial charge in [0.25, 0.3) is 5.91 Å². The molecule has 0 bridgehead atoms. The van der Waals surface area contributed by atoms with Crippen molar-refractivity contribution in [2.75, 3.05) is 54.4 Å². The predicted molar refractivity (Wildman–Crippen MR) is 128 cm³/mol. The van der Waals surface area contributed by atoms with Crippen molar-refractivity contribution in [3.05, 3.63) is 42.2 Å². The summed E-state index contributed by atoms with van der Waals surface area (Å²) in [6, 6.07) is 7.33. The van der Waals surface area contributed by atoms with Gasteiger partial charge in [0.2, 0.25) is 0 Å². The Hall–Kier alpha value is -3.36. The van der Waals surface area contributed by atoms with Crippen molar-refractivity contribution in [3.8, 4) is 0 Å². The Morgan fingerprint density at radius 1 is 0.939 bits per heavy atom. The molecule has 0 saturated carbocycles. The molecule has 2 aromatic heterocycles. The highest BCUT2D eigenvalue weighted by molar-refractivity contribution is 6.07. The average molecular weight is 453 g/mol. The Morgan fingerprint density at radius 3 is 2.30 bits per heavy atom. The van der Waals surface area contributed by atoms with Gasteiger partial charge in [-0.15, -0.1) is 0 Å². The molecule has 2 aliphatic rings. The summed E-state index contributed by atoms with van der Waals surface area (Å²) in [5, 5.41) is 2.89. The van der Waals surface area contributed by atoms with E-state index in [1.807, 2.05) is 26.8 Å². The highest BCUT2D eigenvalue weighted by Crippen LogP contribution is 2.23. The van der Waals surface area contributed by atoms with Gasteiger partial charge in [-0.3, -0.25) is 4.79 Å². The minimum Gasteiger partial charge on any atom is -0.444 e. The van der Waals surface area contributed by atoms with Crippen molar-refractivity contribution < 1.29 is 14.3 Å². The second kappa shape index (κ2) is 9.64. The van der Waals surface area contributed by atoms with E-state index in [0.717, 1.165) is 37.4 Å². The van der Waals surface area contributed by atoms with Gasteiger partial charge in [0.15, 0.2) is 0 Å². The first-order valence-corrected chi connectivity index (χ1v) is 11.5. The number of carbonyl (C=O) groups is 2. The maximum atomic E-state index is 12.9. The normalized spacial score (nSPS) is 16.6. The minimum atomic E-state index is -0.497. The van der Waals surface area contributed by atoms with Crippen LogP contribution in [0.4, 0.5) is 22.1 Å². The largest absolute Gasteiger partial charge is 0.444 e. The van der Waals surface area contributed by atoms with Crippen molar-refractivity contribution in [2.24, 2.45) is 0 Å². The van der Waals surface area contributed by atoms with E-state index in [2.05, 4.69) is 25.1 Å². The van der Waals surface area contributed by atoms with Crippen molar-refractivity contribution in [2.45, 2.75) is 39.2 Å². The summed E-state index contributed by atoms with van der Waals surface area (Å²) in [6.07, 6.45) is 5.44. The van der Waals surface area contributed by atoms with Gasteiger partial charge in [0.1, 0.15) is 17.2 Å². The number of amides is 2. The Balaban J connectivity index is 1.34. The maximum Gasteiger partial charge on any atom is 0.410 e. The van der Waals surface area contributed by atoms with E-state index in [1.165, 1.54) is 0 Å². The van der Waals surface area contributed by atoms with Crippen molar-refractivity contribution in [1.82, 2.24) is 14.9 Å². The molecule has 9 nitrogen and oxygen atoms in total. The number of aromatic nitrogens is 2. The van der Waals surface area contributed by atoms with E-state index < -0.39 is 5.60 Å². The average Bonchev–Trinajstić information content (AvgIpc) is 3.33. The van der Waals surface area contributed by atoms with E-state index in [-0.39, 0.29) is 12.0 Å². The number of pyridine rings is 2. The molecular weight excluding hydrogens is 420 g/mol. The number of anilines is 3. The molecule has 0 aliphatic carbocycles. The number of hydrogen-bond donors (Lipinski definition) is 1. The van der Waals surface area contributed by atoms with Crippen LogP contribution in [-0.4, -0.2) is 71.7 Å². The molecule has 2 saturated heterocycles. The molecule has 9 heteroatoms. The third-order valence-electron chi connectivity index (χ3n) is 5.72. The maximum absolute atomic E-state index is 12.9. The van der Waals surface area contributed by atoms with Crippen LogP contribution in [0.5, 0.6) is 0 Å². The van der Waals surface area contributed by atoms with Crippen LogP contribution in [0.2, 0.25) is 0 Å². The summed E-state index contributed by atoms with van der Waals surface area (Å²) in [4.78, 5) is 40.1. The number of ether oxygens (including phenoxy) is 1. The van der Waals surface area contributed by atoms with Crippen LogP contribution in [0.15, 0.2) is 36.7 Å². The molecule has 0 aromatic carbocycles. The number of nitrogens with zero attached hydrogens (tertiary/aromatic N) is 5. The zero-order valence-corrected chi connectivity index (χ0v) is 19.6. The SMILES string of the molecule is CC(C)(C)OC(=O)N1CCN(c2ccc(NC(=O)c3cccnc3N3CCCC3)nc2)CC1. The molecular formula is C24H32N6O3. The van der Waals surface area contributed by atoms with Crippen molar-refractivity contribution in [3.63, 3.8) is 0 Å². The molecule has 0 radical (unpaired) electrons. The summed E-state index contributed by atoms with van der Waals surface area (Å²) in [5.74, 6) is 1.01. The van der Waals surface area contributed by atoms with Gasteiger partial charge in [-0.1, -0.05) is 0 Å². The molecule has 33 heavy (non-hydrogen) atoms. The first kappa shape index (κ1) is 22.8. The van der Waals surface area contributed by atoms with Gasteiger partial charge in [0, 0.05) is 45.5 Å². The van der Waals surface area contributed by atoms with Crippen LogP contribution in [0.3, 0.4) is 0 Å². The van der Waals surface area contributed by atoms with Gasteiger partial charge < -0.3 is 24.8 Å². The number of piperazine rings is 1. The summed E-state index contributed by atoms with van der Waals surface area (Å²) in [5.41, 5.74) is 1.02. The molecule has 176 valence electrons. The minimum absolute atomic E-state index is 0.212. The lowest BCUT2D eigenvalue weighted by Crippen LogP contribution is -2.50. The fourth-order valence-electron chi connectivity index (χ4n) is 4.06. The van der Waals surface area contributed by atoms with Gasteiger partial charge >= 0.3 is 6.09 Å². The number of hydrogen-bond acceptors (Lipinski definition) is 7. The van der Waals surface area contributed by atoms with Gasteiger partial charge in [-0.05, 0) is 57.9 Å². The molecule has 0 spiro atoms. The van der Waals surface area contributed by atoms with E-state index in [9.17, 15) is 9.59 Å². The zero-order chi connectivity index (χ0) is 23.4. The molecule has 2 aromatic rings. The first-order valence-electron chi connectivity index (χ1n) is 11.5. The van der Waals surface area contributed by atoms with E-state index in [0.29, 0.717) is 37.6 Å². The van der Waals surface area contributed by atoms with Gasteiger partial charge in [0.05, 0.1) is 17.4 Å². The Bertz CT molecular complexity index is 974. The van der Waals surface area contributed by atoms with Crippen LogP contribution in [0, 0.1) is 0 Å². The summed E-state index contributed by atoms with van der Waals surface area (Å²) < 4.78 is 5.46. The van der Waals surface area contributed by atoms with Crippen molar-refractivity contribution in [1.29, 1.82) is 0 Å². The third-order valence-corrected chi connectivity index (χ3v) is 5.72. The molecule has 0 atom stereocenters. The molecule has 0 unspecified atom stereocenters. The highest BCUT2D eigenvalue weighted by atomic mass is 16.6. The Morgan fingerprint density at radius 2 is 1.67 bits per heavy atom. The second-order valence-electron chi connectivity index (χ2n) is 9.38. The lowest BCUT2D eigenvalue weighted by Gasteiger charge is -2.36. The Kier molecular flexibility index (Phi) is 6.67. The predicted octanol–water partition coefficient (Wildman–Crippen LogP) is 3.39. The highest BCUT2D eigenvalue weighted by Gasteiger charge is 2.26. The third kappa shape index (κ3) is 5.71. The van der Waals surface area contributed by atoms with Crippen LogP contribution in [0.25, 0.3) is 0 Å². The topological polar surface area (TPSA) is 90.9 Å². The zero-order valence-electron chi connectivity index (χ0n) is 19.6. The van der Waals surface area contributed by atoms with E-state index in [1.54, 1.807) is 35.5 Å². The summed E-state index contributed by atoms with van der Waals surface area (Å²) >= 11 is 0. The van der Waals surface area contributed by atoms with Crippen LogP contribution < -0.4 is 15.1 Å². The second-order valence-corrected chi connectivity index (χ2v) is 9.38. The first-order chi connectivity index (χ1) is 15.8. The molecule has 1 N–H and O–H groups in total. The fourth-order valence-corrected chi connectivity index (χ4v) is 4.06. The smallest absolute Gasteiger partial charge is 0.410 e.